The Morgan fingerprint density at radius 2 is 1.50 bits per heavy atom. The van der Waals surface area contributed by atoms with E-state index in [1.807, 2.05) is 38.1 Å². The third-order valence-electron chi connectivity index (χ3n) is 2.34. The van der Waals surface area contributed by atoms with E-state index >= 15 is 0 Å². The summed E-state index contributed by atoms with van der Waals surface area (Å²) in [4.78, 5) is 15.4. The van der Waals surface area contributed by atoms with E-state index < -0.39 is 11.9 Å². The van der Waals surface area contributed by atoms with E-state index in [1.54, 1.807) is 22.7 Å². The summed E-state index contributed by atoms with van der Waals surface area (Å²) in [5.74, 6) is -1.28. The molecule has 0 spiro atoms. The van der Waals surface area contributed by atoms with E-state index in [1.165, 1.54) is 0 Å². The molecule has 0 saturated carbocycles. The molecule has 0 aliphatic heterocycles. The summed E-state index contributed by atoms with van der Waals surface area (Å²) in [6, 6.07) is 7.76. The SMILES string of the molecule is Cc1ccc(C(C(=O)O)c2ccc(C)s2)s1. The molecule has 1 N–H and O–H groups in total. The maximum atomic E-state index is 11.3. The van der Waals surface area contributed by atoms with Gasteiger partial charge in [0, 0.05) is 19.5 Å². The molecule has 2 rings (SSSR count). The summed E-state index contributed by atoms with van der Waals surface area (Å²) in [5.41, 5.74) is 0. The van der Waals surface area contributed by atoms with Crippen LogP contribution in [0.5, 0.6) is 0 Å². The van der Waals surface area contributed by atoms with Crippen molar-refractivity contribution in [2.24, 2.45) is 0 Å². The maximum Gasteiger partial charge on any atom is 0.317 e. The lowest BCUT2D eigenvalue weighted by molar-refractivity contribution is -0.137. The van der Waals surface area contributed by atoms with E-state index in [2.05, 4.69) is 0 Å². The predicted molar refractivity (Wildman–Crippen MR) is 67.6 cm³/mol. The highest BCUT2D eigenvalue weighted by Gasteiger charge is 2.24. The first-order valence-electron chi connectivity index (χ1n) is 4.93. The van der Waals surface area contributed by atoms with E-state index in [0.717, 1.165) is 19.5 Å². The van der Waals surface area contributed by atoms with Gasteiger partial charge >= 0.3 is 5.97 Å². The Kier molecular flexibility index (Phi) is 3.12. The van der Waals surface area contributed by atoms with Crippen molar-refractivity contribution in [2.45, 2.75) is 19.8 Å². The number of carbonyl (C=O) groups is 1. The monoisotopic (exact) mass is 252 g/mol. The second-order valence-corrected chi connectivity index (χ2v) is 6.31. The number of rotatable bonds is 3. The van der Waals surface area contributed by atoms with E-state index in [4.69, 9.17) is 0 Å². The van der Waals surface area contributed by atoms with Gasteiger partial charge in [0.1, 0.15) is 5.92 Å². The van der Waals surface area contributed by atoms with Gasteiger partial charge < -0.3 is 5.11 Å². The van der Waals surface area contributed by atoms with Crippen LogP contribution in [0.25, 0.3) is 0 Å². The third-order valence-corrected chi connectivity index (χ3v) is 4.47. The van der Waals surface area contributed by atoms with Crippen molar-refractivity contribution >= 4 is 28.6 Å². The number of aliphatic carboxylic acids is 1. The molecule has 0 aromatic carbocycles. The van der Waals surface area contributed by atoms with Crippen LogP contribution in [0, 0.1) is 13.8 Å². The highest BCUT2D eigenvalue weighted by Crippen LogP contribution is 2.34. The quantitative estimate of drug-likeness (QED) is 0.905. The highest BCUT2D eigenvalue weighted by atomic mass is 32.1. The fourth-order valence-electron chi connectivity index (χ4n) is 1.60. The van der Waals surface area contributed by atoms with Gasteiger partial charge in [0.05, 0.1) is 0 Å². The van der Waals surface area contributed by atoms with Crippen molar-refractivity contribution in [3.63, 3.8) is 0 Å². The first-order valence-corrected chi connectivity index (χ1v) is 6.56. The molecule has 2 nitrogen and oxygen atoms in total. The van der Waals surface area contributed by atoms with Gasteiger partial charge in [-0.2, -0.15) is 0 Å². The molecule has 0 aliphatic rings. The number of aryl methyl sites for hydroxylation is 2. The summed E-state index contributed by atoms with van der Waals surface area (Å²) in [7, 11) is 0. The molecule has 16 heavy (non-hydrogen) atoms. The molecule has 2 aromatic heterocycles. The molecular weight excluding hydrogens is 240 g/mol. The minimum atomic E-state index is -0.774. The summed E-state index contributed by atoms with van der Waals surface area (Å²) in [5, 5.41) is 9.31. The molecule has 2 heterocycles. The van der Waals surface area contributed by atoms with Crippen molar-refractivity contribution in [3.05, 3.63) is 43.8 Å². The van der Waals surface area contributed by atoms with Gasteiger partial charge in [-0.3, -0.25) is 4.79 Å². The zero-order valence-corrected chi connectivity index (χ0v) is 10.7. The van der Waals surface area contributed by atoms with Gasteiger partial charge in [0.15, 0.2) is 0 Å². The van der Waals surface area contributed by atoms with E-state index in [0.29, 0.717) is 0 Å². The highest BCUT2D eigenvalue weighted by molar-refractivity contribution is 7.13. The molecule has 0 unspecified atom stereocenters. The van der Waals surface area contributed by atoms with Crippen molar-refractivity contribution in [1.82, 2.24) is 0 Å². The summed E-state index contributed by atoms with van der Waals surface area (Å²) in [6.07, 6.45) is 0. The number of carboxylic acid groups (broad SMARTS) is 1. The molecule has 0 saturated heterocycles. The second-order valence-electron chi connectivity index (χ2n) is 3.67. The molecule has 0 fully saturated rings. The van der Waals surface area contributed by atoms with Crippen LogP contribution in [0.15, 0.2) is 24.3 Å². The minimum absolute atomic E-state index is 0.502. The summed E-state index contributed by atoms with van der Waals surface area (Å²) in [6.45, 7) is 3.99. The Labute approximate surface area is 102 Å². The van der Waals surface area contributed by atoms with Gasteiger partial charge in [0.25, 0.3) is 0 Å². The van der Waals surface area contributed by atoms with Crippen LogP contribution in [0.2, 0.25) is 0 Å². The van der Waals surface area contributed by atoms with Crippen LogP contribution in [0.3, 0.4) is 0 Å². The van der Waals surface area contributed by atoms with Crippen LogP contribution in [0.4, 0.5) is 0 Å². The largest absolute Gasteiger partial charge is 0.480 e. The average Bonchev–Trinajstić information content (AvgIpc) is 2.76. The molecule has 84 valence electrons. The number of hydrogen-bond acceptors (Lipinski definition) is 3. The molecule has 4 heteroatoms. The minimum Gasteiger partial charge on any atom is -0.480 e. The average molecular weight is 252 g/mol. The topological polar surface area (TPSA) is 37.3 Å². The fourth-order valence-corrected chi connectivity index (χ4v) is 3.65. The summed E-state index contributed by atoms with van der Waals surface area (Å²) >= 11 is 3.11. The van der Waals surface area contributed by atoms with Crippen LogP contribution in [0.1, 0.15) is 25.4 Å². The number of hydrogen-bond donors (Lipinski definition) is 1. The lowest BCUT2D eigenvalue weighted by Gasteiger charge is -2.07. The zero-order valence-electron chi connectivity index (χ0n) is 9.06. The molecule has 2 aromatic rings. The van der Waals surface area contributed by atoms with Crippen molar-refractivity contribution in [2.75, 3.05) is 0 Å². The molecule has 0 bridgehead atoms. The second kappa shape index (κ2) is 4.39. The first-order chi connectivity index (χ1) is 7.58. The lowest BCUT2D eigenvalue weighted by atomic mass is 10.1. The Balaban J connectivity index is 2.42. The molecular formula is C12H12O2S2. The van der Waals surface area contributed by atoms with Gasteiger partial charge in [-0.25, -0.2) is 0 Å². The summed E-state index contributed by atoms with van der Waals surface area (Å²) < 4.78 is 0. The fraction of sp³-hybridized carbons (Fsp3) is 0.250. The van der Waals surface area contributed by atoms with Crippen molar-refractivity contribution in [1.29, 1.82) is 0 Å². The Morgan fingerprint density at radius 1 is 1.06 bits per heavy atom. The van der Waals surface area contributed by atoms with Crippen LogP contribution < -0.4 is 0 Å². The molecule has 0 aliphatic carbocycles. The predicted octanol–water partition coefficient (Wildman–Crippen LogP) is 3.64. The van der Waals surface area contributed by atoms with Crippen molar-refractivity contribution in [3.8, 4) is 0 Å². The lowest BCUT2D eigenvalue weighted by Crippen LogP contribution is -2.10. The third kappa shape index (κ3) is 2.18. The Bertz CT molecular complexity index is 470. The number of thiophene rings is 2. The van der Waals surface area contributed by atoms with Crippen molar-refractivity contribution < 1.29 is 9.90 Å². The van der Waals surface area contributed by atoms with Crippen LogP contribution in [-0.4, -0.2) is 11.1 Å². The normalized spacial score (nSPS) is 10.9. The van der Waals surface area contributed by atoms with Gasteiger partial charge in [0.2, 0.25) is 0 Å². The van der Waals surface area contributed by atoms with Crippen LogP contribution in [-0.2, 0) is 4.79 Å². The van der Waals surface area contributed by atoms with E-state index in [-0.39, 0.29) is 0 Å². The standard InChI is InChI=1S/C12H12O2S2/c1-7-3-5-9(15-7)11(12(13)14)10-6-4-8(2)16-10/h3-6,11H,1-2H3,(H,13,14). The smallest absolute Gasteiger partial charge is 0.317 e. The number of carboxylic acids is 1. The molecule has 0 amide bonds. The Hall–Kier alpha value is -1.13. The van der Waals surface area contributed by atoms with Gasteiger partial charge in [-0.05, 0) is 38.1 Å². The van der Waals surface area contributed by atoms with Gasteiger partial charge in [-0.15, -0.1) is 22.7 Å². The maximum absolute atomic E-state index is 11.3. The van der Waals surface area contributed by atoms with Gasteiger partial charge in [-0.1, -0.05) is 0 Å². The zero-order chi connectivity index (χ0) is 11.7. The molecule has 0 atom stereocenters. The van der Waals surface area contributed by atoms with E-state index in [9.17, 15) is 9.90 Å². The Morgan fingerprint density at radius 3 is 1.75 bits per heavy atom. The molecule has 0 radical (unpaired) electrons. The van der Waals surface area contributed by atoms with Crippen LogP contribution >= 0.6 is 22.7 Å². The first kappa shape index (κ1) is 11.4.